The van der Waals surface area contributed by atoms with Crippen LogP contribution in [0.2, 0.25) is 0 Å². The Morgan fingerprint density at radius 1 is 0.975 bits per heavy atom. The smallest absolute Gasteiger partial charge is 0.300 e. The number of alkyl halides is 6. The number of aryl methyl sites for hydroxylation is 1. The summed E-state index contributed by atoms with van der Waals surface area (Å²) in [6.45, 7) is -0.397. The van der Waals surface area contributed by atoms with E-state index in [0.717, 1.165) is 23.3 Å². The molecule has 1 aliphatic rings. The normalized spacial score (nSPS) is 16.1. The summed E-state index contributed by atoms with van der Waals surface area (Å²) in [5, 5.41) is 6.93. The molecule has 2 aromatic carbocycles. The first-order valence-electron chi connectivity index (χ1n) is 11.5. The van der Waals surface area contributed by atoms with Gasteiger partial charge in [-0.1, -0.05) is 12.0 Å². The highest BCUT2D eigenvalue weighted by Gasteiger charge is 2.42. The van der Waals surface area contributed by atoms with Crippen molar-refractivity contribution in [1.82, 2.24) is 10.2 Å². The Kier molecular flexibility index (Phi) is 7.64. The quantitative estimate of drug-likeness (QED) is 0.313. The molecule has 0 radical (unpaired) electrons. The molecule has 1 atom stereocenters. The van der Waals surface area contributed by atoms with E-state index in [9.17, 15) is 43.9 Å². The van der Waals surface area contributed by atoms with Gasteiger partial charge in [-0.15, -0.1) is 10.2 Å². The first kappa shape index (κ1) is 29.0. The molecule has 1 amide bonds. The summed E-state index contributed by atoms with van der Waals surface area (Å²) in [4.78, 5) is 14.7. The predicted octanol–water partition coefficient (Wildman–Crippen LogP) is 5.17. The molecule has 2 heterocycles. The Hall–Kier alpha value is -3.99. The summed E-state index contributed by atoms with van der Waals surface area (Å²) in [5.74, 6) is 2.17. The molecular weight excluding hydrogens is 567 g/mol. The van der Waals surface area contributed by atoms with Gasteiger partial charge in [0.05, 0.1) is 23.6 Å². The van der Waals surface area contributed by atoms with Gasteiger partial charge in [-0.2, -0.15) is 26.3 Å². The fourth-order valence-electron chi connectivity index (χ4n) is 4.27. The van der Waals surface area contributed by atoms with Crippen LogP contribution < -0.4 is 4.90 Å². The van der Waals surface area contributed by atoms with Crippen molar-refractivity contribution in [3.05, 3.63) is 82.3 Å². The number of hydrogen-bond acceptors (Lipinski definition) is 5. The Labute approximate surface area is 223 Å². The van der Waals surface area contributed by atoms with E-state index < -0.39 is 63.1 Å². The maximum Gasteiger partial charge on any atom is 0.416 e. The fraction of sp³-hybridized carbons (Fsp3) is 0.269. The second kappa shape index (κ2) is 10.5. The lowest BCUT2D eigenvalue weighted by Gasteiger charge is -2.26. The van der Waals surface area contributed by atoms with E-state index >= 15 is 0 Å². The number of carbonyl (C=O) groups excluding carboxylic acids is 1. The monoisotopic (exact) mass is 585 g/mol. The number of amides is 1. The molecule has 3 aromatic rings. The Balaban J connectivity index is 1.74. The zero-order valence-corrected chi connectivity index (χ0v) is 21.3. The molecule has 0 saturated carbocycles. The van der Waals surface area contributed by atoms with Gasteiger partial charge < -0.3 is 0 Å². The van der Waals surface area contributed by atoms with Crippen molar-refractivity contribution in [1.29, 1.82) is 0 Å². The van der Waals surface area contributed by atoms with Crippen LogP contribution in [0.5, 0.6) is 0 Å². The minimum atomic E-state index is -5.19. The number of halogens is 7. The highest BCUT2D eigenvalue weighted by atomic mass is 32.2. The van der Waals surface area contributed by atoms with Gasteiger partial charge in [0.2, 0.25) is 5.91 Å². The number of hydrogen-bond donors (Lipinski definition) is 0. The topological polar surface area (TPSA) is 80.2 Å². The van der Waals surface area contributed by atoms with E-state index in [0.29, 0.717) is 17.7 Å². The van der Waals surface area contributed by atoms with E-state index in [1.165, 1.54) is 18.2 Å². The van der Waals surface area contributed by atoms with E-state index in [4.69, 9.17) is 0 Å². The third-order valence-corrected chi connectivity index (χ3v) is 7.11. The number of fused-ring (bicyclic) bond motifs is 1. The highest BCUT2D eigenvalue weighted by molar-refractivity contribution is 7.90. The molecule has 1 aliphatic heterocycles. The Morgan fingerprint density at radius 3 is 2.30 bits per heavy atom. The first-order chi connectivity index (χ1) is 18.6. The lowest BCUT2D eigenvalue weighted by atomic mass is 9.88. The number of anilines is 1. The minimum Gasteiger partial charge on any atom is -0.300 e. The highest BCUT2D eigenvalue weighted by Crippen LogP contribution is 2.42. The van der Waals surface area contributed by atoms with Gasteiger partial charge in [-0.25, -0.2) is 12.8 Å². The van der Waals surface area contributed by atoms with Crippen molar-refractivity contribution in [2.45, 2.75) is 36.1 Å². The number of nitrogens with zero attached hydrogens (tertiary/aromatic N) is 3. The Morgan fingerprint density at radius 2 is 1.70 bits per heavy atom. The standard InChI is InChI=1S/C26H18F7N3O3S/c1-40(38,39)23-11-7-18(34-35-23)3-2-12-36-22-10-6-17(27)13-15(22)4-8-20(24(36)37)19-9-5-16(25(28,29)30)14-21(19)26(31,32)33/h5-7,9-11,13-14,20H,4,8,12H2,1H3. The van der Waals surface area contributed by atoms with Crippen LogP contribution in [0.25, 0.3) is 0 Å². The van der Waals surface area contributed by atoms with Gasteiger partial charge in [0, 0.05) is 11.9 Å². The maximum absolute atomic E-state index is 14.0. The van der Waals surface area contributed by atoms with Gasteiger partial charge >= 0.3 is 12.4 Å². The van der Waals surface area contributed by atoms with Crippen LogP contribution in [0.4, 0.5) is 36.4 Å². The molecule has 0 aliphatic carbocycles. The van der Waals surface area contributed by atoms with Crippen molar-refractivity contribution in [2.24, 2.45) is 0 Å². The van der Waals surface area contributed by atoms with Crippen molar-refractivity contribution >= 4 is 21.4 Å². The van der Waals surface area contributed by atoms with Crippen molar-refractivity contribution in [3.8, 4) is 11.8 Å². The van der Waals surface area contributed by atoms with Gasteiger partial charge in [0.25, 0.3) is 0 Å². The lowest BCUT2D eigenvalue weighted by Crippen LogP contribution is -2.35. The maximum atomic E-state index is 14.0. The molecule has 0 saturated heterocycles. The van der Waals surface area contributed by atoms with Crippen molar-refractivity contribution < 1.29 is 43.9 Å². The average molecular weight is 586 g/mol. The molecule has 0 bridgehead atoms. The third-order valence-electron chi connectivity index (χ3n) is 6.13. The molecule has 14 heteroatoms. The van der Waals surface area contributed by atoms with Gasteiger partial charge in [-0.05, 0) is 72.4 Å². The second-order valence-corrected chi connectivity index (χ2v) is 10.9. The van der Waals surface area contributed by atoms with Crippen molar-refractivity contribution in [2.75, 3.05) is 17.7 Å². The summed E-state index contributed by atoms with van der Waals surface area (Å²) < 4.78 is 118. The predicted molar refractivity (Wildman–Crippen MR) is 128 cm³/mol. The van der Waals surface area contributed by atoms with Crippen LogP contribution in [0.1, 0.15) is 40.3 Å². The van der Waals surface area contributed by atoms with Gasteiger partial charge in [-0.3, -0.25) is 9.69 Å². The molecule has 0 N–H and O–H groups in total. The number of aromatic nitrogens is 2. The van der Waals surface area contributed by atoms with Crippen LogP contribution >= 0.6 is 0 Å². The summed E-state index contributed by atoms with van der Waals surface area (Å²) in [6.07, 6.45) is -9.56. The molecule has 0 fully saturated rings. The zero-order chi connectivity index (χ0) is 29.5. The summed E-state index contributed by atoms with van der Waals surface area (Å²) in [5.41, 5.74) is -3.23. The van der Waals surface area contributed by atoms with Gasteiger partial charge in [0.15, 0.2) is 14.9 Å². The number of rotatable bonds is 3. The van der Waals surface area contributed by atoms with E-state index in [2.05, 4.69) is 22.0 Å². The minimum absolute atomic E-state index is 0.0245. The number of carbonyl (C=O) groups is 1. The Bertz CT molecular complexity index is 1620. The molecule has 210 valence electrons. The SMILES string of the molecule is CS(=O)(=O)c1ccc(C#CCN2C(=O)C(c3ccc(C(F)(F)F)cc3C(F)(F)F)CCc3cc(F)ccc32)nn1. The van der Waals surface area contributed by atoms with Crippen LogP contribution in [0.3, 0.4) is 0 Å². The van der Waals surface area contributed by atoms with E-state index in [1.54, 1.807) is 0 Å². The molecular formula is C26H18F7N3O3S. The van der Waals surface area contributed by atoms with Crippen LogP contribution in [0, 0.1) is 17.7 Å². The van der Waals surface area contributed by atoms with Gasteiger partial charge in [0.1, 0.15) is 11.5 Å². The molecule has 0 spiro atoms. The summed E-state index contributed by atoms with van der Waals surface area (Å²) in [6, 6.07) is 6.99. The number of sulfone groups is 1. The third kappa shape index (κ3) is 6.25. The summed E-state index contributed by atoms with van der Waals surface area (Å²) in [7, 11) is -3.61. The van der Waals surface area contributed by atoms with Crippen LogP contribution in [-0.2, 0) is 33.4 Å². The summed E-state index contributed by atoms with van der Waals surface area (Å²) >= 11 is 0. The zero-order valence-electron chi connectivity index (χ0n) is 20.4. The lowest BCUT2D eigenvalue weighted by molar-refractivity contribution is -0.143. The van der Waals surface area contributed by atoms with E-state index in [-0.39, 0.29) is 35.3 Å². The largest absolute Gasteiger partial charge is 0.416 e. The molecule has 1 aromatic heterocycles. The molecule has 40 heavy (non-hydrogen) atoms. The second-order valence-electron chi connectivity index (χ2n) is 8.92. The number of benzene rings is 2. The van der Waals surface area contributed by atoms with E-state index in [1.807, 2.05) is 0 Å². The molecule has 1 unspecified atom stereocenters. The van der Waals surface area contributed by atoms with Crippen molar-refractivity contribution in [3.63, 3.8) is 0 Å². The van der Waals surface area contributed by atoms with Crippen LogP contribution in [-0.4, -0.2) is 37.3 Å². The first-order valence-corrected chi connectivity index (χ1v) is 13.4. The fourth-order valence-corrected chi connectivity index (χ4v) is 4.78. The van der Waals surface area contributed by atoms with Crippen LogP contribution in [0.15, 0.2) is 53.6 Å². The molecule has 6 nitrogen and oxygen atoms in total. The average Bonchev–Trinajstić information content (AvgIpc) is 2.98. The molecule has 4 rings (SSSR count).